The third kappa shape index (κ3) is 3.92. The molecule has 1 fully saturated rings. The molecule has 0 aliphatic heterocycles. The summed E-state index contributed by atoms with van der Waals surface area (Å²) in [7, 11) is 1.35. The second kappa shape index (κ2) is 7.00. The first-order valence-electron chi connectivity index (χ1n) is 7.65. The van der Waals surface area contributed by atoms with Crippen LogP contribution >= 0.6 is 15.9 Å². The molecule has 25 heavy (non-hydrogen) atoms. The van der Waals surface area contributed by atoms with E-state index < -0.39 is 12.2 Å². The fourth-order valence-corrected chi connectivity index (χ4v) is 2.94. The number of ether oxygens (including phenoxy) is 2. The van der Waals surface area contributed by atoms with Crippen molar-refractivity contribution in [1.29, 1.82) is 0 Å². The number of carbonyl (C=O) groups is 1. The van der Waals surface area contributed by atoms with E-state index in [-0.39, 0.29) is 23.0 Å². The predicted molar refractivity (Wildman–Crippen MR) is 92.1 cm³/mol. The van der Waals surface area contributed by atoms with Gasteiger partial charge in [0.15, 0.2) is 11.5 Å². The van der Waals surface area contributed by atoms with Gasteiger partial charge in [-0.2, -0.15) is 8.78 Å². The molecule has 1 N–H and O–H groups in total. The summed E-state index contributed by atoms with van der Waals surface area (Å²) >= 11 is 3.39. The fraction of sp³-hybridized carbons (Fsp3) is 0.278. The van der Waals surface area contributed by atoms with Gasteiger partial charge in [0.25, 0.3) is 5.91 Å². The van der Waals surface area contributed by atoms with Gasteiger partial charge in [-0.25, -0.2) is 0 Å². The predicted octanol–water partition coefficient (Wildman–Crippen LogP) is 4.48. The highest BCUT2D eigenvalue weighted by molar-refractivity contribution is 9.10. The lowest BCUT2D eigenvalue weighted by Crippen LogP contribution is -2.34. The Labute approximate surface area is 152 Å². The van der Waals surface area contributed by atoms with Gasteiger partial charge in [0, 0.05) is 10.0 Å². The quantitative estimate of drug-likeness (QED) is 0.762. The minimum atomic E-state index is -3.00. The van der Waals surface area contributed by atoms with Gasteiger partial charge < -0.3 is 14.8 Å². The van der Waals surface area contributed by atoms with E-state index in [0.29, 0.717) is 0 Å². The van der Waals surface area contributed by atoms with Crippen LogP contribution in [0.15, 0.2) is 46.9 Å². The van der Waals surface area contributed by atoms with Crippen molar-refractivity contribution in [3.05, 3.63) is 58.1 Å². The topological polar surface area (TPSA) is 47.6 Å². The van der Waals surface area contributed by atoms with Gasteiger partial charge in [0.1, 0.15) is 0 Å². The molecule has 0 radical (unpaired) electrons. The van der Waals surface area contributed by atoms with E-state index in [9.17, 15) is 13.6 Å². The smallest absolute Gasteiger partial charge is 0.387 e. The molecule has 0 atom stereocenters. The minimum absolute atomic E-state index is 0.144. The Kier molecular flexibility index (Phi) is 4.94. The van der Waals surface area contributed by atoms with Crippen molar-refractivity contribution in [3.63, 3.8) is 0 Å². The highest BCUT2D eigenvalue weighted by Crippen LogP contribution is 2.46. The molecule has 0 bridgehead atoms. The molecule has 0 heterocycles. The molecule has 2 aromatic rings. The number of alkyl halides is 2. The summed E-state index contributed by atoms with van der Waals surface area (Å²) in [6, 6.07) is 12.0. The van der Waals surface area contributed by atoms with E-state index in [2.05, 4.69) is 26.0 Å². The molecule has 4 nitrogen and oxygen atoms in total. The average molecular weight is 412 g/mol. The van der Waals surface area contributed by atoms with Gasteiger partial charge in [0.05, 0.1) is 12.6 Å². The first kappa shape index (κ1) is 17.7. The molecule has 0 unspecified atom stereocenters. The fourth-order valence-electron chi connectivity index (χ4n) is 2.68. The molecule has 0 spiro atoms. The van der Waals surface area contributed by atoms with Crippen LogP contribution in [0.4, 0.5) is 8.78 Å². The lowest BCUT2D eigenvalue weighted by Gasteiger charge is -2.19. The summed E-state index contributed by atoms with van der Waals surface area (Å²) in [6.45, 7) is -3.00. The molecule has 7 heteroatoms. The van der Waals surface area contributed by atoms with E-state index in [1.54, 1.807) is 0 Å². The van der Waals surface area contributed by atoms with E-state index >= 15 is 0 Å². The molecular weight excluding hydrogens is 396 g/mol. The molecule has 1 aliphatic carbocycles. The summed E-state index contributed by atoms with van der Waals surface area (Å²) in [5.74, 6) is -0.369. The van der Waals surface area contributed by atoms with E-state index in [1.165, 1.54) is 25.3 Å². The first-order valence-corrected chi connectivity index (χ1v) is 8.44. The average Bonchev–Trinajstić information content (AvgIpc) is 3.35. The van der Waals surface area contributed by atoms with Gasteiger partial charge in [-0.1, -0.05) is 28.1 Å². The molecule has 1 aliphatic rings. The Hall–Kier alpha value is -2.15. The zero-order chi connectivity index (χ0) is 18.0. The lowest BCUT2D eigenvalue weighted by atomic mass is 10.0. The molecular formula is C18H16BrF2NO3. The maximum atomic E-state index is 12.6. The maximum absolute atomic E-state index is 12.6. The Balaban J connectivity index is 1.80. The first-order chi connectivity index (χ1) is 11.9. The molecule has 1 saturated carbocycles. The summed E-state index contributed by atoms with van der Waals surface area (Å²) in [5.41, 5.74) is 0.850. The van der Waals surface area contributed by atoms with Crippen molar-refractivity contribution in [2.24, 2.45) is 0 Å². The van der Waals surface area contributed by atoms with Crippen molar-refractivity contribution in [2.45, 2.75) is 25.0 Å². The highest BCUT2D eigenvalue weighted by atomic mass is 79.9. The normalized spacial score (nSPS) is 14.9. The van der Waals surface area contributed by atoms with Crippen LogP contribution in [0, 0.1) is 0 Å². The number of nitrogens with one attached hydrogen (secondary N) is 1. The summed E-state index contributed by atoms with van der Waals surface area (Å²) in [5, 5.41) is 3.00. The Morgan fingerprint density at radius 2 is 1.84 bits per heavy atom. The van der Waals surface area contributed by atoms with Crippen molar-refractivity contribution in [2.75, 3.05) is 7.11 Å². The number of hydrogen-bond acceptors (Lipinski definition) is 3. The molecule has 2 aromatic carbocycles. The van der Waals surface area contributed by atoms with Crippen LogP contribution in [0.5, 0.6) is 11.5 Å². The summed E-state index contributed by atoms with van der Waals surface area (Å²) in [4.78, 5) is 12.6. The number of halogens is 3. The Morgan fingerprint density at radius 3 is 2.40 bits per heavy atom. The van der Waals surface area contributed by atoms with Crippen molar-refractivity contribution in [1.82, 2.24) is 5.32 Å². The van der Waals surface area contributed by atoms with Crippen molar-refractivity contribution in [3.8, 4) is 11.5 Å². The van der Waals surface area contributed by atoms with E-state index in [4.69, 9.17) is 4.74 Å². The number of benzene rings is 2. The highest BCUT2D eigenvalue weighted by Gasteiger charge is 2.45. The van der Waals surface area contributed by atoms with Crippen LogP contribution in [-0.2, 0) is 5.54 Å². The molecule has 0 aromatic heterocycles. The van der Waals surface area contributed by atoms with Crippen LogP contribution in [-0.4, -0.2) is 19.6 Å². The monoisotopic (exact) mass is 411 g/mol. The van der Waals surface area contributed by atoms with Crippen LogP contribution in [0.2, 0.25) is 0 Å². The largest absolute Gasteiger partial charge is 0.493 e. The molecule has 132 valence electrons. The zero-order valence-electron chi connectivity index (χ0n) is 13.4. The van der Waals surface area contributed by atoms with Crippen LogP contribution < -0.4 is 14.8 Å². The number of carbonyl (C=O) groups excluding carboxylic acids is 1. The number of methoxy groups -OCH3 is 1. The van der Waals surface area contributed by atoms with E-state index in [0.717, 1.165) is 22.9 Å². The summed E-state index contributed by atoms with van der Waals surface area (Å²) in [6.07, 6.45) is 1.66. The number of rotatable bonds is 6. The molecule has 0 saturated heterocycles. The van der Waals surface area contributed by atoms with Gasteiger partial charge in [0.2, 0.25) is 0 Å². The van der Waals surface area contributed by atoms with Crippen LogP contribution in [0.3, 0.4) is 0 Å². The molecule has 3 rings (SSSR count). The number of hydrogen-bond donors (Lipinski definition) is 1. The minimum Gasteiger partial charge on any atom is -0.493 e. The standard InChI is InChI=1S/C18H16BrF2NO3/c1-24-14-7-2-11(10-15(14)25-17(20)21)16(23)22-18(8-9-18)12-3-5-13(19)6-4-12/h2-7,10,17H,8-9H2,1H3,(H,22,23). The second-order valence-corrected chi connectivity index (χ2v) is 6.70. The maximum Gasteiger partial charge on any atom is 0.387 e. The number of amides is 1. The lowest BCUT2D eigenvalue weighted by molar-refractivity contribution is -0.0512. The van der Waals surface area contributed by atoms with Crippen molar-refractivity contribution >= 4 is 21.8 Å². The third-order valence-electron chi connectivity index (χ3n) is 4.14. The van der Waals surface area contributed by atoms with Gasteiger partial charge >= 0.3 is 6.61 Å². The zero-order valence-corrected chi connectivity index (χ0v) is 15.0. The SMILES string of the molecule is COc1ccc(C(=O)NC2(c3ccc(Br)cc3)CC2)cc1OC(F)F. The van der Waals surface area contributed by atoms with Crippen LogP contribution in [0.25, 0.3) is 0 Å². The van der Waals surface area contributed by atoms with Crippen LogP contribution in [0.1, 0.15) is 28.8 Å². The van der Waals surface area contributed by atoms with Gasteiger partial charge in [-0.15, -0.1) is 0 Å². The van der Waals surface area contributed by atoms with Gasteiger partial charge in [-0.05, 0) is 48.7 Å². The Morgan fingerprint density at radius 1 is 1.16 bits per heavy atom. The van der Waals surface area contributed by atoms with Crippen molar-refractivity contribution < 1.29 is 23.0 Å². The van der Waals surface area contributed by atoms with E-state index in [1.807, 2.05) is 24.3 Å². The Bertz CT molecular complexity index is 776. The molecule has 1 amide bonds. The second-order valence-electron chi connectivity index (χ2n) is 5.79. The third-order valence-corrected chi connectivity index (χ3v) is 4.67. The van der Waals surface area contributed by atoms with Gasteiger partial charge in [-0.3, -0.25) is 4.79 Å². The summed E-state index contributed by atoms with van der Waals surface area (Å²) < 4.78 is 35.4.